The highest BCUT2D eigenvalue weighted by molar-refractivity contribution is 6.75. The van der Waals surface area contributed by atoms with Gasteiger partial charge in [-0.05, 0) is 60.0 Å². The third-order valence-electron chi connectivity index (χ3n) is 7.30. The molecule has 0 aromatic heterocycles. The second-order valence-electron chi connectivity index (χ2n) is 11.8. The molecule has 0 aliphatic carbocycles. The molecule has 0 aliphatic heterocycles. The normalized spacial score (nSPS) is 14.1. The summed E-state index contributed by atoms with van der Waals surface area (Å²) < 4.78 is 24.9. The second-order valence-corrected chi connectivity index (χ2v) is 21.3. The van der Waals surface area contributed by atoms with Crippen molar-refractivity contribution in [3.8, 4) is 17.2 Å². The lowest BCUT2D eigenvalue weighted by atomic mass is 10.00. The number of ether oxygens (including phenoxy) is 2. The first kappa shape index (κ1) is 27.5. The van der Waals surface area contributed by atoms with E-state index < -0.39 is 16.6 Å². The molecule has 0 saturated heterocycles. The quantitative estimate of drug-likeness (QED) is 0.351. The summed E-state index contributed by atoms with van der Waals surface area (Å²) in [5, 5.41) is 0.219. The Hall–Kier alpha value is -1.77. The van der Waals surface area contributed by atoms with Crippen LogP contribution in [0.4, 0.5) is 0 Å². The molecule has 1 unspecified atom stereocenters. The van der Waals surface area contributed by atoms with Crippen molar-refractivity contribution in [1.82, 2.24) is 0 Å². The number of methoxy groups -OCH3 is 2. The summed E-state index contributed by atoms with van der Waals surface area (Å²) in [4.78, 5) is 0. The van der Waals surface area contributed by atoms with E-state index in [1.807, 2.05) is 12.1 Å². The summed E-state index contributed by atoms with van der Waals surface area (Å²) in [5.74, 6) is 2.33. The van der Waals surface area contributed by atoms with Crippen molar-refractivity contribution in [3.05, 3.63) is 53.6 Å². The zero-order valence-corrected chi connectivity index (χ0v) is 24.8. The molecule has 0 fully saturated rings. The van der Waals surface area contributed by atoms with Crippen molar-refractivity contribution < 1.29 is 18.3 Å². The molecule has 0 bridgehead atoms. The highest BCUT2D eigenvalue weighted by atomic mass is 28.4. The maximum absolute atomic E-state index is 6.98. The van der Waals surface area contributed by atoms with Gasteiger partial charge in [-0.25, -0.2) is 0 Å². The minimum atomic E-state index is -2.09. The third kappa shape index (κ3) is 6.22. The molecule has 0 radical (unpaired) electrons. The van der Waals surface area contributed by atoms with Gasteiger partial charge in [0.1, 0.15) is 5.75 Å². The predicted molar refractivity (Wildman–Crippen MR) is 144 cm³/mol. The molecule has 1 atom stereocenters. The number of hydrogen-bond donors (Lipinski definition) is 0. The maximum atomic E-state index is 6.98. The smallest absolute Gasteiger partial charge is 0.250 e. The lowest BCUT2D eigenvalue weighted by Gasteiger charge is -2.40. The van der Waals surface area contributed by atoms with Crippen molar-refractivity contribution in [2.45, 2.75) is 83.9 Å². The number of para-hydroxylation sites is 1. The minimum absolute atomic E-state index is 0.0722. The molecule has 0 spiro atoms. The molecule has 0 amide bonds. The van der Waals surface area contributed by atoms with E-state index in [1.54, 1.807) is 14.2 Å². The zero-order valence-electron chi connectivity index (χ0n) is 22.8. The van der Waals surface area contributed by atoms with E-state index in [2.05, 4.69) is 98.1 Å². The van der Waals surface area contributed by atoms with Gasteiger partial charge in [-0.2, -0.15) is 0 Å². The Morgan fingerprint density at radius 3 is 1.70 bits per heavy atom. The fourth-order valence-electron chi connectivity index (χ4n) is 3.06. The lowest BCUT2D eigenvalue weighted by molar-refractivity contribution is 0.215. The van der Waals surface area contributed by atoms with Gasteiger partial charge in [0.2, 0.25) is 8.32 Å². The van der Waals surface area contributed by atoms with Crippen LogP contribution >= 0.6 is 0 Å². The number of hydrogen-bond acceptors (Lipinski definition) is 4. The molecule has 184 valence electrons. The number of benzene rings is 2. The van der Waals surface area contributed by atoms with Crippen LogP contribution in [0.2, 0.25) is 36.3 Å². The molecule has 33 heavy (non-hydrogen) atoms. The first-order valence-corrected chi connectivity index (χ1v) is 17.5. The van der Waals surface area contributed by atoms with E-state index in [1.165, 1.54) is 0 Å². The van der Waals surface area contributed by atoms with E-state index >= 15 is 0 Å². The van der Waals surface area contributed by atoms with Crippen LogP contribution in [0.15, 0.2) is 42.5 Å². The highest BCUT2D eigenvalue weighted by Crippen LogP contribution is 2.45. The molecular formula is C27H44O4Si2. The van der Waals surface area contributed by atoms with Crippen molar-refractivity contribution in [2.24, 2.45) is 0 Å². The molecule has 0 heterocycles. The fraction of sp³-hybridized carbons (Fsp3) is 0.556. The topological polar surface area (TPSA) is 36.9 Å². The van der Waals surface area contributed by atoms with Gasteiger partial charge in [0.05, 0.1) is 20.3 Å². The van der Waals surface area contributed by atoms with Crippen molar-refractivity contribution in [1.29, 1.82) is 0 Å². The molecule has 6 heteroatoms. The molecule has 0 saturated carbocycles. The minimum Gasteiger partial charge on any atom is -0.544 e. The van der Waals surface area contributed by atoms with Gasteiger partial charge in [0.15, 0.2) is 19.8 Å². The molecule has 2 aromatic carbocycles. The van der Waals surface area contributed by atoms with E-state index in [9.17, 15) is 0 Å². The van der Waals surface area contributed by atoms with Crippen LogP contribution < -0.4 is 13.9 Å². The van der Waals surface area contributed by atoms with Crippen LogP contribution in [-0.4, -0.2) is 30.9 Å². The molecule has 2 aromatic rings. The molecule has 4 nitrogen and oxygen atoms in total. The monoisotopic (exact) mass is 488 g/mol. The maximum Gasteiger partial charge on any atom is 0.250 e. The van der Waals surface area contributed by atoms with Crippen LogP contribution in [0, 0.1) is 0 Å². The third-order valence-corrected chi connectivity index (χ3v) is 16.1. The average molecular weight is 489 g/mol. The predicted octanol–water partition coefficient (Wildman–Crippen LogP) is 8.20. The van der Waals surface area contributed by atoms with Gasteiger partial charge < -0.3 is 18.3 Å². The second kappa shape index (κ2) is 9.84. The Labute approximate surface area is 203 Å². The van der Waals surface area contributed by atoms with Gasteiger partial charge >= 0.3 is 0 Å². The van der Waals surface area contributed by atoms with Gasteiger partial charge in [-0.1, -0.05) is 65.8 Å². The summed E-state index contributed by atoms with van der Waals surface area (Å²) in [5.41, 5.74) is 2.05. The van der Waals surface area contributed by atoms with Gasteiger partial charge in [0, 0.05) is 5.56 Å². The van der Waals surface area contributed by atoms with Crippen molar-refractivity contribution in [2.75, 3.05) is 14.2 Å². The summed E-state index contributed by atoms with van der Waals surface area (Å²) in [6.07, 6.45) is -0.266. The van der Waals surface area contributed by atoms with Crippen molar-refractivity contribution in [3.63, 3.8) is 0 Å². The average Bonchev–Trinajstić information content (AvgIpc) is 2.70. The molecular weight excluding hydrogens is 444 g/mol. The first-order chi connectivity index (χ1) is 15.0. The van der Waals surface area contributed by atoms with Gasteiger partial charge in [-0.15, -0.1) is 0 Å². The molecule has 2 rings (SSSR count). The van der Waals surface area contributed by atoms with Gasteiger partial charge in [-0.3, -0.25) is 0 Å². The fourth-order valence-corrected chi connectivity index (χ4v) is 5.30. The van der Waals surface area contributed by atoms with Crippen LogP contribution in [0.3, 0.4) is 0 Å². The Bertz CT molecular complexity index is 923. The SMILES string of the molecule is COc1cccc(C(O[Si](C)(C)C(C)(C)C)c2ccc(O[Si](C)(C)C(C)(C)C)cc2)c1OC. The Morgan fingerprint density at radius 2 is 1.24 bits per heavy atom. The van der Waals surface area contributed by atoms with Crippen LogP contribution in [0.5, 0.6) is 17.2 Å². The van der Waals surface area contributed by atoms with E-state index in [0.29, 0.717) is 11.5 Å². The number of rotatable bonds is 8. The first-order valence-electron chi connectivity index (χ1n) is 11.7. The summed E-state index contributed by atoms with van der Waals surface area (Å²) >= 11 is 0. The standard InChI is InChI=1S/C27H44O4Si2/c1-26(2,3)32(9,10)30-21-18-16-20(17-19-21)24(31-33(11,12)27(4,5)6)22-14-13-15-23(28-7)25(22)29-8/h13-19,24H,1-12H3. The zero-order chi connectivity index (χ0) is 25.2. The van der Waals surface area contributed by atoms with Crippen LogP contribution in [0.1, 0.15) is 58.8 Å². The van der Waals surface area contributed by atoms with Crippen LogP contribution in [-0.2, 0) is 4.43 Å². The summed E-state index contributed by atoms with van der Waals surface area (Å²) in [6.45, 7) is 22.6. The summed E-state index contributed by atoms with van der Waals surface area (Å²) in [7, 11) is -0.653. The molecule has 0 aliphatic rings. The van der Waals surface area contributed by atoms with Crippen molar-refractivity contribution >= 4 is 16.6 Å². The highest BCUT2D eigenvalue weighted by Gasteiger charge is 2.41. The van der Waals surface area contributed by atoms with E-state index in [4.69, 9.17) is 18.3 Å². The van der Waals surface area contributed by atoms with E-state index in [-0.39, 0.29) is 16.2 Å². The van der Waals surface area contributed by atoms with Gasteiger partial charge in [0.25, 0.3) is 0 Å². The lowest BCUT2D eigenvalue weighted by Crippen LogP contribution is -2.43. The largest absolute Gasteiger partial charge is 0.544 e. The Morgan fingerprint density at radius 1 is 0.697 bits per heavy atom. The van der Waals surface area contributed by atoms with Crippen LogP contribution in [0.25, 0.3) is 0 Å². The summed E-state index contributed by atoms with van der Waals surface area (Å²) in [6, 6.07) is 14.4. The Balaban J connectivity index is 2.54. The van der Waals surface area contributed by atoms with E-state index in [0.717, 1.165) is 16.9 Å². The Kier molecular flexibility index (Phi) is 8.20. The molecule has 0 N–H and O–H groups in total.